The van der Waals surface area contributed by atoms with E-state index in [4.69, 9.17) is 4.74 Å². The number of carbonyl (C=O) groups is 2. The van der Waals surface area contributed by atoms with Gasteiger partial charge in [-0.1, -0.05) is 18.2 Å². The van der Waals surface area contributed by atoms with Crippen molar-refractivity contribution in [2.45, 2.75) is 46.1 Å². The second-order valence-corrected chi connectivity index (χ2v) is 6.77. The highest BCUT2D eigenvalue weighted by molar-refractivity contribution is 5.84. The van der Waals surface area contributed by atoms with Gasteiger partial charge in [-0.3, -0.25) is 9.59 Å². The Kier molecular flexibility index (Phi) is 7.07. The number of hydrogen-bond donors (Lipinski definition) is 1. The first-order valence-corrected chi connectivity index (χ1v) is 7.92. The van der Waals surface area contributed by atoms with E-state index in [1.54, 1.807) is 7.05 Å². The third-order valence-electron chi connectivity index (χ3n) is 3.21. The number of ether oxygens (including phenoxy) is 1. The SMILES string of the molecule is Cc1ccccc1OCCCC(=O)N(C)CC(=O)NC(C)(C)C. The summed E-state index contributed by atoms with van der Waals surface area (Å²) in [6.07, 6.45) is 0.990. The Bertz CT molecular complexity index is 535. The summed E-state index contributed by atoms with van der Waals surface area (Å²) < 4.78 is 5.66. The predicted molar refractivity (Wildman–Crippen MR) is 91.4 cm³/mol. The van der Waals surface area contributed by atoms with Gasteiger partial charge in [-0.2, -0.15) is 0 Å². The van der Waals surface area contributed by atoms with Crippen molar-refractivity contribution in [3.05, 3.63) is 29.8 Å². The van der Waals surface area contributed by atoms with Crippen LogP contribution < -0.4 is 10.1 Å². The molecule has 0 aliphatic rings. The number of rotatable bonds is 7. The molecule has 1 aromatic rings. The van der Waals surface area contributed by atoms with E-state index in [-0.39, 0.29) is 23.9 Å². The molecule has 23 heavy (non-hydrogen) atoms. The summed E-state index contributed by atoms with van der Waals surface area (Å²) >= 11 is 0. The first kappa shape index (κ1) is 19.0. The van der Waals surface area contributed by atoms with Crippen molar-refractivity contribution in [1.29, 1.82) is 0 Å². The van der Waals surface area contributed by atoms with E-state index < -0.39 is 0 Å². The standard InChI is InChI=1S/C18H28N2O3/c1-14-9-6-7-10-15(14)23-12-8-11-17(22)20(5)13-16(21)19-18(2,3)4/h6-7,9-10H,8,11-13H2,1-5H3,(H,19,21). The van der Waals surface area contributed by atoms with Gasteiger partial charge in [0.25, 0.3) is 0 Å². The maximum absolute atomic E-state index is 12.0. The highest BCUT2D eigenvalue weighted by Crippen LogP contribution is 2.16. The average molecular weight is 320 g/mol. The van der Waals surface area contributed by atoms with Crippen LogP contribution in [-0.2, 0) is 9.59 Å². The lowest BCUT2D eigenvalue weighted by molar-refractivity contribution is -0.135. The molecule has 1 N–H and O–H groups in total. The molecule has 1 aromatic carbocycles. The summed E-state index contributed by atoms with van der Waals surface area (Å²) in [5.74, 6) is 0.643. The van der Waals surface area contributed by atoms with Gasteiger partial charge in [0.1, 0.15) is 5.75 Å². The van der Waals surface area contributed by atoms with Crippen LogP contribution in [0.3, 0.4) is 0 Å². The summed E-state index contributed by atoms with van der Waals surface area (Å²) in [5.41, 5.74) is 0.789. The summed E-state index contributed by atoms with van der Waals surface area (Å²) in [6, 6.07) is 7.79. The topological polar surface area (TPSA) is 58.6 Å². The zero-order valence-electron chi connectivity index (χ0n) is 14.8. The van der Waals surface area contributed by atoms with E-state index in [1.165, 1.54) is 4.90 Å². The Morgan fingerprint density at radius 3 is 2.48 bits per heavy atom. The lowest BCUT2D eigenvalue weighted by Crippen LogP contribution is -2.46. The normalized spacial score (nSPS) is 11.0. The Hall–Kier alpha value is -2.04. The van der Waals surface area contributed by atoms with Gasteiger partial charge in [0, 0.05) is 19.0 Å². The van der Waals surface area contributed by atoms with Crippen LogP contribution in [-0.4, -0.2) is 42.5 Å². The maximum Gasteiger partial charge on any atom is 0.240 e. The van der Waals surface area contributed by atoms with Gasteiger partial charge in [0.2, 0.25) is 11.8 Å². The molecule has 2 amide bonds. The van der Waals surface area contributed by atoms with Crippen molar-refractivity contribution in [3.8, 4) is 5.75 Å². The molecule has 0 radical (unpaired) electrons. The fourth-order valence-electron chi connectivity index (χ4n) is 2.08. The molecule has 5 heteroatoms. The number of hydrogen-bond acceptors (Lipinski definition) is 3. The van der Waals surface area contributed by atoms with E-state index in [1.807, 2.05) is 52.0 Å². The molecule has 5 nitrogen and oxygen atoms in total. The summed E-state index contributed by atoms with van der Waals surface area (Å²) in [7, 11) is 1.65. The van der Waals surface area contributed by atoms with Crippen LogP contribution in [0.15, 0.2) is 24.3 Å². The summed E-state index contributed by atoms with van der Waals surface area (Å²) in [6.45, 7) is 8.29. The van der Waals surface area contributed by atoms with Crippen LogP contribution in [0.2, 0.25) is 0 Å². The zero-order chi connectivity index (χ0) is 17.5. The van der Waals surface area contributed by atoms with Crippen LogP contribution in [0.25, 0.3) is 0 Å². The van der Waals surface area contributed by atoms with Crippen molar-refractivity contribution in [3.63, 3.8) is 0 Å². The first-order valence-electron chi connectivity index (χ1n) is 7.92. The van der Waals surface area contributed by atoms with Crippen LogP contribution >= 0.6 is 0 Å². The number of amides is 2. The molecule has 0 heterocycles. The molecule has 0 saturated heterocycles. The van der Waals surface area contributed by atoms with E-state index in [2.05, 4.69) is 5.32 Å². The molecular formula is C18H28N2O3. The fourth-order valence-corrected chi connectivity index (χ4v) is 2.08. The number of benzene rings is 1. The van der Waals surface area contributed by atoms with Gasteiger partial charge in [-0.25, -0.2) is 0 Å². The molecule has 0 aromatic heterocycles. The smallest absolute Gasteiger partial charge is 0.240 e. The van der Waals surface area contributed by atoms with Crippen molar-refractivity contribution < 1.29 is 14.3 Å². The molecule has 0 aliphatic carbocycles. The summed E-state index contributed by atoms with van der Waals surface area (Å²) in [4.78, 5) is 25.3. The minimum atomic E-state index is -0.289. The molecule has 128 valence electrons. The minimum Gasteiger partial charge on any atom is -0.493 e. The minimum absolute atomic E-state index is 0.0533. The van der Waals surface area contributed by atoms with Crippen LogP contribution in [0, 0.1) is 6.92 Å². The number of para-hydroxylation sites is 1. The van der Waals surface area contributed by atoms with Crippen LogP contribution in [0.5, 0.6) is 5.75 Å². The van der Waals surface area contributed by atoms with Crippen LogP contribution in [0.1, 0.15) is 39.2 Å². The summed E-state index contributed by atoms with van der Waals surface area (Å²) in [5, 5.41) is 2.84. The van der Waals surface area contributed by atoms with Crippen LogP contribution in [0.4, 0.5) is 0 Å². The van der Waals surface area contributed by atoms with E-state index in [0.29, 0.717) is 19.4 Å². The Morgan fingerprint density at radius 2 is 1.87 bits per heavy atom. The van der Waals surface area contributed by atoms with Gasteiger partial charge in [-0.05, 0) is 45.7 Å². The van der Waals surface area contributed by atoms with Gasteiger partial charge in [0.15, 0.2) is 0 Å². The molecule has 0 saturated carbocycles. The number of aryl methyl sites for hydroxylation is 1. The number of likely N-dealkylation sites (N-methyl/N-ethyl adjacent to an activating group) is 1. The fraction of sp³-hybridized carbons (Fsp3) is 0.556. The number of nitrogens with one attached hydrogen (secondary N) is 1. The average Bonchev–Trinajstić information content (AvgIpc) is 2.42. The van der Waals surface area contributed by atoms with Crippen molar-refractivity contribution in [2.75, 3.05) is 20.2 Å². The Balaban J connectivity index is 2.28. The molecule has 1 rings (SSSR count). The molecular weight excluding hydrogens is 292 g/mol. The molecule has 0 atom stereocenters. The van der Waals surface area contributed by atoms with E-state index in [9.17, 15) is 9.59 Å². The number of carbonyl (C=O) groups excluding carboxylic acids is 2. The van der Waals surface area contributed by atoms with Crippen molar-refractivity contribution in [2.24, 2.45) is 0 Å². The third kappa shape index (κ3) is 7.68. The second-order valence-electron chi connectivity index (χ2n) is 6.77. The van der Waals surface area contributed by atoms with Crippen molar-refractivity contribution in [1.82, 2.24) is 10.2 Å². The lowest BCUT2D eigenvalue weighted by Gasteiger charge is -2.23. The molecule has 0 unspecified atom stereocenters. The quantitative estimate of drug-likeness (QED) is 0.785. The highest BCUT2D eigenvalue weighted by Gasteiger charge is 2.17. The number of nitrogens with zero attached hydrogens (tertiary/aromatic N) is 1. The Morgan fingerprint density at radius 1 is 1.22 bits per heavy atom. The van der Waals surface area contributed by atoms with E-state index in [0.717, 1.165) is 11.3 Å². The molecule has 0 fully saturated rings. The van der Waals surface area contributed by atoms with E-state index >= 15 is 0 Å². The second kappa shape index (κ2) is 8.56. The largest absolute Gasteiger partial charge is 0.493 e. The molecule has 0 spiro atoms. The molecule has 0 bridgehead atoms. The van der Waals surface area contributed by atoms with Gasteiger partial charge < -0.3 is 15.0 Å². The molecule has 0 aliphatic heterocycles. The van der Waals surface area contributed by atoms with Crippen molar-refractivity contribution >= 4 is 11.8 Å². The maximum atomic E-state index is 12.0. The highest BCUT2D eigenvalue weighted by atomic mass is 16.5. The van der Waals surface area contributed by atoms with Gasteiger partial charge in [-0.15, -0.1) is 0 Å². The van der Waals surface area contributed by atoms with Gasteiger partial charge >= 0.3 is 0 Å². The van der Waals surface area contributed by atoms with Gasteiger partial charge in [0.05, 0.1) is 13.2 Å². The Labute approximate surface area is 139 Å². The zero-order valence-corrected chi connectivity index (χ0v) is 14.8. The lowest BCUT2D eigenvalue weighted by atomic mass is 10.1. The third-order valence-corrected chi connectivity index (χ3v) is 3.21. The predicted octanol–water partition coefficient (Wildman–Crippen LogP) is 2.53. The first-order chi connectivity index (χ1) is 10.7. The monoisotopic (exact) mass is 320 g/mol.